The number of nitrogens with two attached hydrogens (primary N) is 1. The number of carbonyl (C=O) groups is 2. The summed E-state index contributed by atoms with van der Waals surface area (Å²) in [6.07, 6.45) is 1.35. The highest BCUT2D eigenvalue weighted by atomic mass is 35.5. The summed E-state index contributed by atoms with van der Waals surface area (Å²) in [5.41, 5.74) is 6.14. The van der Waals surface area contributed by atoms with Crippen molar-refractivity contribution in [1.29, 1.82) is 0 Å². The van der Waals surface area contributed by atoms with E-state index in [4.69, 9.17) is 10.5 Å². The predicted molar refractivity (Wildman–Crippen MR) is 94.3 cm³/mol. The fourth-order valence-electron chi connectivity index (χ4n) is 1.90. The number of hydrogen-bond acceptors (Lipinski definition) is 4. The van der Waals surface area contributed by atoms with E-state index in [0.717, 1.165) is 12.2 Å². The van der Waals surface area contributed by atoms with Gasteiger partial charge in [-0.25, -0.2) is 0 Å². The Balaban J connectivity index is 0.00000484. The number of benzene rings is 1. The van der Waals surface area contributed by atoms with Crippen molar-refractivity contribution < 1.29 is 14.3 Å². The largest absolute Gasteiger partial charge is 0.494 e. The van der Waals surface area contributed by atoms with Crippen molar-refractivity contribution >= 4 is 24.1 Å². The highest BCUT2D eigenvalue weighted by molar-refractivity contribution is 5.98. The first-order chi connectivity index (χ1) is 10.5. The zero-order chi connectivity index (χ0) is 16.5. The van der Waals surface area contributed by atoms with E-state index in [1.807, 2.05) is 13.8 Å². The van der Waals surface area contributed by atoms with Gasteiger partial charge in [-0.2, -0.15) is 0 Å². The molecule has 1 amide bonds. The van der Waals surface area contributed by atoms with Crippen LogP contribution in [-0.2, 0) is 4.79 Å². The summed E-state index contributed by atoms with van der Waals surface area (Å²) in [4.78, 5) is 25.6. The monoisotopic (exact) mass is 342 g/mol. The number of hydrogen-bond donors (Lipinski definition) is 1. The molecule has 0 radical (unpaired) electrons. The van der Waals surface area contributed by atoms with Gasteiger partial charge in [0.1, 0.15) is 5.75 Å². The van der Waals surface area contributed by atoms with Crippen LogP contribution in [0.15, 0.2) is 24.3 Å². The lowest BCUT2D eigenvalue weighted by atomic mass is 10.1. The summed E-state index contributed by atoms with van der Waals surface area (Å²) in [6.45, 7) is 5.00. The summed E-state index contributed by atoms with van der Waals surface area (Å²) in [7, 11) is 1.71. The molecule has 1 aromatic carbocycles. The van der Waals surface area contributed by atoms with Crippen LogP contribution in [0.5, 0.6) is 5.75 Å². The molecule has 0 fully saturated rings. The first-order valence-corrected chi connectivity index (χ1v) is 7.71. The van der Waals surface area contributed by atoms with Crippen LogP contribution in [0.2, 0.25) is 0 Å². The maximum Gasteiger partial charge on any atom is 0.223 e. The third kappa shape index (κ3) is 7.01. The number of ether oxygens (including phenoxy) is 1. The van der Waals surface area contributed by atoms with E-state index >= 15 is 0 Å². The fraction of sp³-hybridized carbons (Fsp3) is 0.529. The van der Waals surface area contributed by atoms with Crippen molar-refractivity contribution in [1.82, 2.24) is 4.90 Å². The number of nitrogens with zero attached hydrogens (tertiary/aromatic N) is 1. The van der Waals surface area contributed by atoms with Crippen LogP contribution in [0.1, 0.15) is 43.5 Å². The summed E-state index contributed by atoms with van der Waals surface area (Å²) >= 11 is 0. The number of ketones is 1. The van der Waals surface area contributed by atoms with Crippen molar-refractivity contribution in [3.63, 3.8) is 0 Å². The number of rotatable bonds is 9. The molecule has 0 saturated heterocycles. The van der Waals surface area contributed by atoms with Gasteiger partial charge in [0.05, 0.1) is 6.61 Å². The minimum Gasteiger partial charge on any atom is -0.494 e. The minimum absolute atomic E-state index is 0. The van der Waals surface area contributed by atoms with Gasteiger partial charge < -0.3 is 15.4 Å². The average molecular weight is 343 g/mol. The standard InChI is InChI=1S/C17H26N2O3.ClH/c1-4-11-22-15-7-5-14(6-8-15)16(20)9-10-17(21)19(3)13(2)12-18;/h5-8,13H,4,9-12,18H2,1-3H3;1H. The van der Waals surface area contributed by atoms with Gasteiger partial charge in [0.15, 0.2) is 5.78 Å². The molecule has 23 heavy (non-hydrogen) atoms. The number of carbonyl (C=O) groups excluding carboxylic acids is 2. The highest BCUT2D eigenvalue weighted by Gasteiger charge is 2.16. The van der Waals surface area contributed by atoms with Crippen LogP contribution < -0.4 is 10.5 Å². The van der Waals surface area contributed by atoms with Gasteiger partial charge in [-0.3, -0.25) is 9.59 Å². The van der Waals surface area contributed by atoms with Gasteiger partial charge >= 0.3 is 0 Å². The lowest BCUT2D eigenvalue weighted by molar-refractivity contribution is -0.131. The lowest BCUT2D eigenvalue weighted by Crippen LogP contribution is -2.39. The first kappa shape index (κ1) is 21.4. The summed E-state index contributed by atoms with van der Waals surface area (Å²) < 4.78 is 5.47. The molecule has 0 aliphatic rings. The summed E-state index contributed by atoms with van der Waals surface area (Å²) in [5.74, 6) is 0.657. The van der Waals surface area contributed by atoms with Gasteiger partial charge in [-0.1, -0.05) is 6.92 Å². The Morgan fingerprint density at radius 2 is 1.83 bits per heavy atom. The molecule has 0 saturated carbocycles. The second kappa shape index (κ2) is 11.0. The molecule has 0 aliphatic carbocycles. The van der Waals surface area contributed by atoms with E-state index in [9.17, 15) is 9.59 Å². The lowest BCUT2D eigenvalue weighted by Gasteiger charge is -2.23. The molecule has 0 heterocycles. The topological polar surface area (TPSA) is 72.6 Å². The second-order valence-corrected chi connectivity index (χ2v) is 5.39. The Hall–Kier alpha value is -1.59. The van der Waals surface area contributed by atoms with Crippen LogP contribution >= 0.6 is 12.4 Å². The van der Waals surface area contributed by atoms with E-state index in [2.05, 4.69) is 0 Å². The molecular formula is C17H27ClN2O3. The van der Waals surface area contributed by atoms with E-state index in [1.165, 1.54) is 0 Å². The van der Waals surface area contributed by atoms with Crippen molar-refractivity contribution in [3.8, 4) is 5.75 Å². The molecule has 6 heteroatoms. The molecule has 0 aliphatic heterocycles. The number of halogens is 1. The van der Waals surface area contributed by atoms with Crippen molar-refractivity contribution in [2.45, 2.75) is 39.2 Å². The molecule has 130 valence electrons. The molecule has 2 N–H and O–H groups in total. The van der Waals surface area contributed by atoms with Gasteiger partial charge in [0, 0.05) is 38.0 Å². The van der Waals surface area contributed by atoms with Crippen LogP contribution in [0.3, 0.4) is 0 Å². The minimum atomic E-state index is -0.0609. The second-order valence-electron chi connectivity index (χ2n) is 5.39. The molecule has 1 aromatic rings. The molecule has 1 atom stereocenters. The maximum atomic E-state index is 12.1. The number of amides is 1. The highest BCUT2D eigenvalue weighted by Crippen LogP contribution is 2.14. The Morgan fingerprint density at radius 1 is 1.22 bits per heavy atom. The summed E-state index contributed by atoms with van der Waals surface area (Å²) in [5, 5.41) is 0. The molecule has 0 spiro atoms. The third-order valence-corrected chi connectivity index (χ3v) is 3.61. The van der Waals surface area contributed by atoms with Crippen molar-refractivity contribution in [2.75, 3.05) is 20.2 Å². The third-order valence-electron chi connectivity index (χ3n) is 3.61. The molecule has 1 rings (SSSR count). The zero-order valence-corrected chi connectivity index (χ0v) is 14.9. The Morgan fingerprint density at radius 3 is 2.35 bits per heavy atom. The van der Waals surface area contributed by atoms with Crippen molar-refractivity contribution in [2.24, 2.45) is 5.73 Å². The molecule has 0 aromatic heterocycles. The smallest absolute Gasteiger partial charge is 0.223 e. The van der Waals surface area contributed by atoms with E-state index < -0.39 is 0 Å². The van der Waals surface area contributed by atoms with Crippen LogP contribution in [-0.4, -0.2) is 42.8 Å². The molecule has 1 unspecified atom stereocenters. The van der Waals surface area contributed by atoms with Crippen LogP contribution in [0, 0.1) is 0 Å². The first-order valence-electron chi connectivity index (χ1n) is 7.71. The van der Waals surface area contributed by atoms with Crippen molar-refractivity contribution in [3.05, 3.63) is 29.8 Å². The van der Waals surface area contributed by atoms with E-state index in [1.54, 1.807) is 36.2 Å². The van der Waals surface area contributed by atoms with Crippen LogP contribution in [0.25, 0.3) is 0 Å². The number of likely N-dealkylation sites (N-methyl/N-ethyl adjacent to an activating group) is 1. The van der Waals surface area contributed by atoms with Gasteiger partial charge in [0.2, 0.25) is 5.91 Å². The van der Waals surface area contributed by atoms with E-state index in [0.29, 0.717) is 18.7 Å². The SMILES string of the molecule is CCCOc1ccc(C(=O)CCC(=O)N(C)C(C)CN)cc1.Cl. The fourth-order valence-corrected chi connectivity index (χ4v) is 1.90. The molecular weight excluding hydrogens is 316 g/mol. The quantitative estimate of drug-likeness (QED) is 0.700. The molecule has 0 bridgehead atoms. The maximum absolute atomic E-state index is 12.1. The normalized spacial score (nSPS) is 11.3. The van der Waals surface area contributed by atoms with Crippen LogP contribution in [0.4, 0.5) is 0 Å². The predicted octanol–water partition coefficient (Wildman–Crippen LogP) is 2.67. The molecule has 5 nitrogen and oxygen atoms in total. The van der Waals surface area contributed by atoms with E-state index in [-0.39, 0.29) is 43.0 Å². The summed E-state index contributed by atoms with van der Waals surface area (Å²) in [6, 6.07) is 7.03. The Kier molecular flexibility index (Phi) is 10.3. The average Bonchev–Trinajstić information content (AvgIpc) is 2.56. The van der Waals surface area contributed by atoms with Gasteiger partial charge in [-0.15, -0.1) is 12.4 Å². The Labute approximate surface area is 144 Å². The Bertz CT molecular complexity index is 491. The van der Waals surface area contributed by atoms with Gasteiger partial charge in [-0.05, 0) is 37.6 Å². The zero-order valence-electron chi connectivity index (χ0n) is 14.1. The van der Waals surface area contributed by atoms with Gasteiger partial charge in [0.25, 0.3) is 0 Å². The number of Topliss-reactive ketones (excluding diaryl/α,β-unsaturated/α-hetero) is 1.